The van der Waals surface area contributed by atoms with Crippen molar-refractivity contribution in [1.29, 1.82) is 0 Å². The van der Waals surface area contributed by atoms with Crippen LogP contribution in [0.2, 0.25) is 0 Å². The third-order valence-corrected chi connectivity index (χ3v) is 7.73. The first-order chi connectivity index (χ1) is 19.1. The van der Waals surface area contributed by atoms with E-state index in [-0.39, 0.29) is 5.97 Å². The number of carbonyl (C=O) groups is 1. The van der Waals surface area contributed by atoms with Crippen molar-refractivity contribution in [2.45, 2.75) is 46.2 Å². The van der Waals surface area contributed by atoms with Crippen LogP contribution in [0.3, 0.4) is 0 Å². The Labute approximate surface area is 233 Å². The van der Waals surface area contributed by atoms with Crippen LogP contribution in [-0.4, -0.2) is 59.4 Å². The van der Waals surface area contributed by atoms with Crippen LogP contribution in [-0.2, 0) is 11.3 Å². The second-order valence-corrected chi connectivity index (χ2v) is 10.5. The molecular formula is C30H36N4O4S. The van der Waals surface area contributed by atoms with Crippen LogP contribution in [0.4, 0.5) is 5.13 Å². The van der Waals surface area contributed by atoms with Gasteiger partial charge in [0.05, 0.1) is 35.6 Å². The Hall–Kier alpha value is -3.56. The lowest BCUT2D eigenvalue weighted by atomic mass is 10.0. The topological polar surface area (TPSA) is 77.9 Å². The first-order valence-corrected chi connectivity index (χ1v) is 14.5. The molecule has 0 spiro atoms. The van der Waals surface area contributed by atoms with Crippen LogP contribution in [0.15, 0.2) is 54.9 Å². The zero-order chi connectivity index (χ0) is 27.2. The molecule has 8 nitrogen and oxygen atoms in total. The maximum Gasteiger partial charge on any atom is 0.338 e. The molecule has 0 atom stereocenters. The van der Waals surface area contributed by atoms with Gasteiger partial charge >= 0.3 is 5.97 Å². The van der Waals surface area contributed by atoms with Crippen molar-refractivity contribution in [3.8, 4) is 17.2 Å². The molecule has 1 saturated heterocycles. The Morgan fingerprint density at radius 2 is 1.69 bits per heavy atom. The fourth-order valence-corrected chi connectivity index (χ4v) is 5.98. The highest BCUT2D eigenvalue weighted by Gasteiger charge is 2.22. The van der Waals surface area contributed by atoms with E-state index in [1.807, 2.05) is 57.4 Å². The number of hydrogen-bond donors (Lipinski definition) is 1. The Kier molecular flexibility index (Phi) is 8.68. The highest BCUT2D eigenvalue weighted by molar-refractivity contribution is 7.22. The van der Waals surface area contributed by atoms with Gasteiger partial charge in [-0.15, -0.1) is 0 Å². The molecule has 0 bridgehead atoms. The number of hydrogen-bond acceptors (Lipinski definition) is 8. The van der Waals surface area contributed by atoms with Gasteiger partial charge in [0, 0.05) is 38.1 Å². The summed E-state index contributed by atoms with van der Waals surface area (Å²) in [5.41, 5.74) is 3.59. The van der Waals surface area contributed by atoms with Crippen molar-refractivity contribution < 1.29 is 19.0 Å². The lowest BCUT2D eigenvalue weighted by Crippen LogP contribution is -2.38. The van der Waals surface area contributed by atoms with Crippen LogP contribution >= 0.6 is 11.3 Å². The molecule has 1 fully saturated rings. The van der Waals surface area contributed by atoms with Crippen molar-refractivity contribution in [3.63, 3.8) is 0 Å². The minimum absolute atomic E-state index is 0.296. The molecule has 4 aromatic rings. The molecule has 0 amide bonds. The Bertz CT molecular complexity index is 1370. The largest absolute Gasteiger partial charge is 0.492 e. The van der Waals surface area contributed by atoms with Gasteiger partial charge in [0.15, 0.2) is 5.13 Å². The molecule has 2 aromatic heterocycles. The monoisotopic (exact) mass is 548 g/mol. The number of nitrogens with zero attached hydrogens (tertiary/aromatic N) is 3. The van der Waals surface area contributed by atoms with Crippen molar-refractivity contribution in [3.05, 3.63) is 66.0 Å². The van der Waals surface area contributed by atoms with Gasteiger partial charge in [-0.1, -0.05) is 11.3 Å². The van der Waals surface area contributed by atoms with Gasteiger partial charge < -0.3 is 24.1 Å². The highest BCUT2D eigenvalue weighted by atomic mass is 32.1. The summed E-state index contributed by atoms with van der Waals surface area (Å²) in [5, 5.41) is 4.52. The molecule has 5 rings (SSSR count). The number of thiazole rings is 1. The van der Waals surface area contributed by atoms with Gasteiger partial charge in [0.25, 0.3) is 0 Å². The number of anilines is 1. The van der Waals surface area contributed by atoms with Crippen LogP contribution in [0.25, 0.3) is 15.9 Å². The molecule has 1 aliphatic heterocycles. The van der Waals surface area contributed by atoms with E-state index in [1.54, 1.807) is 17.4 Å². The zero-order valence-electron chi connectivity index (χ0n) is 22.8. The number of aromatic nitrogens is 2. The minimum Gasteiger partial charge on any atom is -0.492 e. The number of piperidine rings is 1. The second-order valence-electron chi connectivity index (χ2n) is 9.51. The number of esters is 1. The Morgan fingerprint density at radius 1 is 1.00 bits per heavy atom. The number of carbonyl (C=O) groups excluding carboxylic acids is 1. The van der Waals surface area contributed by atoms with Gasteiger partial charge in [-0.2, -0.15) is 0 Å². The standard InChI is InChI=1S/C30H36N4O4S/c1-4-36-25-17-21(18-26(37-5-2)28(25)34-13-7-8-14-34)20-33-15-11-23(12-16-33)31-30-32-24-10-9-22(19-27(24)39-30)29(35)38-6-3/h7-10,13-14,17-19,23H,4-6,11-12,15-16,20H2,1-3H3,(H,31,32). The summed E-state index contributed by atoms with van der Waals surface area (Å²) < 4.78 is 20.3. The first kappa shape index (κ1) is 27.0. The van der Waals surface area contributed by atoms with E-state index < -0.39 is 0 Å². The molecule has 3 heterocycles. The van der Waals surface area contributed by atoms with Crippen LogP contribution in [0, 0.1) is 0 Å². The molecule has 206 valence electrons. The highest BCUT2D eigenvalue weighted by Crippen LogP contribution is 2.36. The van der Waals surface area contributed by atoms with E-state index in [1.165, 1.54) is 5.56 Å². The summed E-state index contributed by atoms with van der Waals surface area (Å²) in [5.74, 6) is 1.39. The van der Waals surface area contributed by atoms with E-state index in [0.717, 1.165) is 65.0 Å². The number of nitrogens with one attached hydrogen (secondary N) is 1. The molecule has 0 saturated carbocycles. The average Bonchev–Trinajstić information content (AvgIpc) is 3.60. The van der Waals surface area contributed by atoms with Crippen molar-refractivity contribution in [2.24, 2.45) is 0 Å². The maximum atomic E-state index is 12.1. The minimum atomic E-state index is -0.296. The second kappa shape index (κ2) is 12.5. The summed E-state index contributed by atoms with van der Waals surface area (Å²) in [7, 11) is 0. The van der Waals surface area contributed by atoms with Gasteiger partial charge in [0.2, 0.25) is 0 Å². The SMILES string of the molecule is CCOC(=O)c1ccc2nc(NC3CCN(Cc4cc(OCC)c(-n5cccc5)c(OCC)c4)CC3)sc2c1. The predicted molar refractivity (Wildman–Crippen MR) is 156 cm³/mol. The fourth-order valence-electron chi connectivity index (χ4n) is 4.99. The normalized spacial score (nSPS) is 14.4. The summed E-state index contributed by atoms with van der Waals surface area (Å²) in [6.45, 7) is 10.2. The molecule has 1 N–H and O–H groups in total. The number of likely N-dealkylation sites (tertiary alicyclic amines) is 1. The van der Waals surface area contributed by atoms with Crippen molar-refractivity contribution in [2.75, 3.05) is 38.2 Å². The lowest BCUT2D eigenvalue weighted by Gasteiger charge is -2.32. The fraction of sp³-hybridized carbons (Fsp3) is 0.400. The number of ether oxygens (including phenoxy) is 3. The zero-order valence-corrected chi connectivity index (χ0v) is 23.6. The van der Waals surface area contributed by atoms with E-state index in [0.29, 0.717) is 31.4 Å². The molecule has 0 unspecified atom stereocenters. The van der Waals surface area contributed by atoms with Crippen molar-refractivity contribution >= 4 is 32.7 Å². The first-order valence-electron chi connectivity index (χ1n) is 13.7. The summed E-state index contributed by atoms with van der Waals surface area (Å²) in [4.78, 5) is 19.3. The lowest BCUT2D eigenvalue weighted by molar-refractivity contribution is 0.0526. The number of rotatable bonds is 11. The number of benzene rings is 2. The summed E-state index contributed by atoms with van der Waals surface area (Å²) in [6, 6.07) is 14.2. The smallest absolute Gasteiger partial charge is 0.338 e. The average molecular weight is 549 g/mol. The van der Waals surface area contributed by atoms with Gasteiger partial charge in [-0.3, -0.25) is 4.90 Å². The summed E-state index contributed by atoms with van der Waals surface area (Å²) >= 11 is 1.58. The van der Waals surface area contributed by atoms with Crippen LogP contribution < -0.4 is 14.8 Å². The number of fused-ring (bicyclic) bond motifs is 1. The Balaban J connectivity index is 1.23. The van der Waals surface area contributed by atoms with E-state index >= 15 is 0 Å². The molecule has 0 aliphatic carbocycles. The van der Waals surface area contributed by atoms with Gasteiger partial charge in [-0.25, -0.2) is 9.78 Å². The van der Waals surface area contributed by atoms with E-state index in [2.05, 4.69) is 26.9 Å². The molecule has 0 radical (unpaired) electrons. The molecule has 39 heavy (non-hydrogen) atoms. The van der Waals surface area contributed by atoms with Crippen LogP contribution in [0.5, 0.6) is 11.5 Å². The van der Waals surface area contributed by atoms with Crippen molar-refractivity contribution in [1.82, 2.24) is 14.5 Å². The van der Waals surface area contributed by atoms with Gasteiger partial charge in [0.1, 0.15) is 17.2 Å². The van der Waals surface area contributed by atoms with Gasteiger partial charge in [-0.05, 0) is 81.6 Å². The molecule has 1 aliphatic rings. The maximum absolute atomic E-state index is 12.1. The third kappa shape index (κ3) is 6.37. The Morgan fingerprint density at radius 3 is 2.33 bits per heavy atom. The molecular weight excluding hydrogens is 512 g/mol. The summed E-state index contributed by atoms with van der Waals surface area (Å²) in [6.07, 6.45) is 6.09. The third-order valence-electron chi connectivity index (χ3n) is 6.78. The quantitative estimate of drug-likeness (QED) is 0.226. The molecule has 2 aromatic carbocycles. The predicted octanol–water partition coefficient (Wildman–Crippen LogP) is 6.14. The van der Waals surface area contributed by atoms with Crippen LogP contribution in [0.1, 0.15) is 49.5 Å². The molecule has 9 heteroatoms. The van der Waals surface area contributed by atoms with E-state index in [9.17, 15) is 4.79 Å². The van der Waals surface area contributed by atoms with E-state index in [4.69, 9.17) is 19.2 Å².